The van der Waals surface area contributed by atoms with E-state index in [0.717, 1.165) is 11.2 Å². The van der Waals surface area contributed by atoms with Gasteiger partial charge in [-0.2, -0.15) is 0 Å². The van der Waals surface area contributed by atoms with E-state index in [-0.39, 0.29) is 0 Å². The third kappa shape index (κ3) is 3.92. The third-order valence-electron chi connectivity index (χ3n) is 10.2. The van der Waals surface area contributed by atoms with Crippen LogP contribution in [0, 0.1) is 0 Å². The summed E-state index contributed by atoms with van der Waals surface area (Å²) in [5, 5.41) is 9.98. The summed E-state index contributed by atoms with van der Waals surface area (Å²) in [5.74, 6) is 0. The Kier molecular flexibility index (Phi) is 5.54. The van der Waals surface area contributed by atoms with Crippen LogP contribution in [0.4, 0.5) is 0 Å². The number of fused-ring (bicyclic) bond motifs is 10. The van der Waals surface area contributed by atoms with Crippen LogP contribution in [0.2, 0.25) is 0 Å². The molecule has 0 aliphatic carbocycles. The van der Waals surface area contributed by atoms with Gasteiger partial charge in [-0.15, -0.1) is 11.3 Å². The van der Waals surface area contributed by atoms with E-state index in [0.29, 0.717) is 0 Å². The molecule has 0 radical (unpaired) electrons. The number of aromatic nitrogens is 3. The molecule has 0 saturated carbocycles. The van der Waals surface area contributed by atoms with Crippen LogP contribution in [-0.2, 0) is 0 Å². The maximum Gasteiger partial charge on any atom is 0.0547 e. The SMILES string of the molecule is c1ccc2c(c1)[nH]c1ccc(-c3ccc(-c4ccc5c6ccccc6n(-c6ccc7sc8ccncc8c7c6)c5c4)c4ccccc34)cc12. The van der Waals surface area contributed by atoms with Crippen molar-refractivity contribution in [2.24, 2.45) is 0 Å². The number of para-hydroxylation sites is 2. The summed E-state index contributed by atoms with van der Waals surface area (Å²) in [6.07, 6.45) is 3.88. The van der Waals surface area contributed by atoms with Crippen LogP contribution < -0.4 is 0 Å². The molecule has 0 aliphatic heterocycles. The Morgan fingerprint density at radius 2 is 1.12 bits per heavy atom. The number of benzene rings is 7. The maximum absolute atomic E-state index is 4.44. The molecule has 0 aliphatic rings. The molecule has 4 heterocycles. The molecule has 3 nitrogen and oxygen atoms in total. The molecule has 0 bridgehead atoms. The van der Waals surface area contributed by atoms with Crippen LogP contribution in [0.3, 0.4) is 0 Å². The van der Waals surface area contributed by atoms with Crippen LogP contribution in [-0.4, -0.2) is 14.5 Å². The number of thiophene rings is 1. The zero-order chi connectivity index (χ0) is 32.1. The summed E-state index contributed by atoms with van der Waals surface area (Å²) in [5.41, 5.74) is 10.8. The lowest BCUT2D eigenvalue weighted by Crippen LogP contribution is -1.94. The van der Waals surface area contributed by atoms with E-state index in [4.69, 9.17) is 0 Å². The molecule has 0 atom stereocenters. The second kappa shape index (κ2) is 10.1. The minimum atomic E-state index is 1.16. The van der Waals surface area contributed by atoms with Gasteiger partial charge in [-0.1, -0.05) is 91.0 Å². The molecule has 0 spiro atoms. The standard InChI is InChI=1S/C45H27N3S/c1-2-8-33-31(18-17-30(32(33)7-1)27-14-19-41-37(23-27)34-9-3-5-11-40(34)47-41)28-13-16-36-35-10-4-6-12-42(35)48(43(36)24-28)29-15-20-44-38(25-29)39-26-46-22-21-45(39)49-44/h1-26,47H. The van der Waals surface area contributed by atoms with E-state index in [1.54, 1.807) is 0 Å². The highest BCUT2D eigenvalue weighted by Gasteiger charge is 2.17. The fourth-order valence-corrected chi connectivity index (χ4v) is 9.04. The second-order valence-corrected chi connectivity index (χ2v) is 14.0. The van der Waals surface area contributed by atoms with Crippen molar-refractivity contribution in [3.63, 3.8) is 0 Å². The average molecular weight is 642 g/mol. The smallest absolute Gasteiger partial charge is 0.0547 e. The molecule has 0 amide bonds. The molecule has 228 valence electrons. The fraction of sp³-hybridized carbons (Fsp3) is 0. The number of hydrogen-bond donors (Lipinski definition) is 1. The molecule has 1 N–H and O–H groups in total. The highest BCUT2D eigenvalue weighted by molar-refractivity contribution is 7.25. The number of hydrogen-bond acceptors (Lipinski definition) is 2. The Hall–Kier alpha value is -6.23. The average Bonchev–Trinajstić information content (AvgIpc) is 3.83. The first-order valence-electron chi connectivity index (χ1n) is 16.6. The molecule has 11 rings (SSSR count). The van der Waals surface area contributed by atoms with Gasteiger partial charge in [0.15, 0.2) is 0 Å². The minimum Gasteiger partial charge on any atom is -0.355 e. The molecular weight excluding hydrogens is 615 g/mol. The van der Waals surface area contributed by atoms with Gasteiger partial charge in [0.05, 0.1) is 11.0 Å². The van der Waals surface area contributed by atoms with E-state index >= 15 is 0 Å². The topological polar surface area (TPSA) is 33.6 Å². The van der Waals surface area contributed by atoms with Crippen LogP contribution in [0.5, 0.6) is 0 Å². The third-order valence-corrected chi connectivity index (χ3v) is 11.4. The van der Waals surface area contributed by atoms with Gasteiger partial charge in [-0.3, -0.25) is 4.98 Å². The van der Waals surface area contributed by atoms with Gasteiger partial charge >= 0.3 is 0 Å². The molecule has 49 heavy (non-hydrogen) atoms. The number of rotatable bonds is 3. The Labute approximate surface area is 285 Å². The predicted octanol–water partition coefficient (Wildman–Crippen LogP) is 12.7. The molecule has 0 saturated heterocycles. The summed E-state index contributed by atoms with van der Waals surface area (Å²) < 4.78 is 4.98. The molecule has 11 aromatic rings. The zero-order valence-corrected chi connectivity index (χ0v) is 27.1. The molecule has 0 unspecified atom stereocenters. The summed E-state index contributed by atoms with van der Waals surface area (Å²) in [6, 6.07) is 53.5. The lowest BCUT2D eigenvalue weighted by Gasteiger charge is -2.14. The van der Waals surface area contributed by atoms with Crippen molar-refractivity contribution in [2.75, 3.05) is 0 Å². The predicted molar refractivity (Wildman–Crippen MR) is 209 cm³/mol. The van der Waals surface area contributed by atoms with Crippen LogP contribution in [0.25, 0.3) is 102 Å². The quantitative estimate of drug-likeness (QED) is 0.205. The highest BCUT2D eigenvalue weighted by Crippen LogP contribution is 2.41. The van der Waals surface area contributed by atoms with Crippen molar-refractivity contribution in [1.29, 1.82) is 0 Å². The number of H-pyrrole nitrogens is 1. The normalized spacial score (nSPS) is 12.1. The first-order chi connectivity index (χ1) is 24.3. The molecule has 0 fully saturated rings. The van der Waals surface area contributed by atoms with Gasteiger partial charge in [0.1, 0.15) is 0 Å². The maximum atomic E-state index is 4.44. The van der Waals surface area contributed by atoms with Crippen molar-refractivity contribution in [2.45, 2.75) is 0 Å². The minimum absolute atomic E-state index is 1.16. The largest absolute Gasteiger partial charge is 0.355 e. The van der Waals surface area contributed by atoms with Gasteiger partial charge in [0.25, 0.3) is 0 Å². The van der Waals surface area contributed by atoms with Crippen LogP contribution >= 0.6 is 11.3 Å². The van der Waals surface area contributed by atoms with E-state index in [9.17, 15) is 0 Å². The molecular formula is C45H27N3S. The fourth-order valence-electron chi connectivity index (χ4n) is 7.98. The van der Waals surface area contributed by atoms with E-state index in [1.165, 1.54) is 91.3 Å². The lowest BCUT2D eigenvalue weighted by molar-refractivity contribution is 1.19. The van der Waals surface area contributed by atoms with Gasteiger partial charge in [-0.05, 0) is 87.6 Å². The molecule has 4 heteroatoms. The summed E-state index contributed by atoms with van der Waals surface area (Å²) in [6.45, 7) is 0. The number of nitrogens with zero attached hydrogens (tertiary/aromatic N) is 2. The van der Waals surface area contributed by atoms with Crippen molar-refractivity contribution in [3.05, 3.63) is 158 Å². The first kappa shape index (κ1) is 26.8. The van der Waals surface area contributed by atoms with Crippen molar-refractivity contribution < 1.29 is 0 Å². The lowest BCUT2D eigenvalue weighted by atomic mass is 9.91. The molecule has 4 aromatic heterocycles. The number of nitrogens with one attached hydrogen (secondary N) is 1. The van der Waals surface area contributed by atoms with E-state index in [2.05, 4.69) is 160 Å². The Morgan fingerprint density at radius 3 is 1.98 bits per heavy atom. The first-order valence-corrected chi connectivity index (χ1v) is 17.4. The van der Waals surface area contributed by atoms with Crippen molar-refractivity contribution >= 4 is 85.9 Å². The highest BCUT2D eigenvalue weighted by atomic mass is 32.1. The van der Waals surface area contributed by atoms with E-state index in [1.807, 2.05) is 23.7 Å². The number of pyridine rings is 1. The van der Waals surface area contributed by atoms with Crippen molar-refractivity contribution in [1.82, 2.24) is 14.5 Å². The van der Waals surface area contributed by atoms with Gasteiger partial charge in [-0.25, -0.2) is 0 Å². The summed E-state index contributed by atoms with van der Waals surface area (Å²) in [4.78, 5) is 8.02. The summed E-state index contributed by atoms with van der Waals surface area (Å²) >= 11 is 1.83. The summed E-state index contributed by atoms with van der Waals surface area (Å²) in [7, 11) is 0. The Bertz CT molecular complexity index is 3120. The Morgan fingerprint density at radius 1 is 0.449 bits per heavy atom. The zero-order valence-electron chi connectivity index (χ0n) is 26.3. The van der Waals surface area contributed by atoms with Gasteiger partial charge in [0.2, 0.25) is 0 Å². The molecule has 7 aromatic carbocycles. The van der Waals surface area contributed by atoms with E-state index < -0.39 is 0 Å². The second-order valence-electron chi connectivity index (χ2n) is 12.9. The van der Waals surface area contributed by atoms with Gasteiger partial charge in [0, 0.05) is 70.8 Å². The Balaban J connectivity index is 1.12. The van der Waals surface area contributed by atoms with Gasteiger partial charge < -0.3 is 9.55 Å². The number of aromatic amines is 1. The van der Waals surface area contributed by atoms with Crippen LogP contribution in [0.1, 0.15) is 0 Å². The monoisotopic (exact) mass is 641 g/mol. The van der Waals surface area contributed by atoms with Crippen LogP contribution in [0.15, 0.2) is 158 Å². The van der Waals surface area contributed by atoms with Crippen molar-refractivity contribution in [3.8, 4) is 27.9 Å².